The molecule has 0 saturated carbocycles. The third kappa shape index (κ3) is 2.34. The first-order valence-corrected chi connectivity index (χ1v) is 7.53. The lowest BCUT2D eigenvalue weighted by atomic mass is 10.1. The van der Waals surface area contributed by atoms with Gasteiger partial charge in [0, 0.05) is 0 Å². The van der Waals surface area contributed by atoms with E-state index in [4.69, 9.17) is 10.8 Å². The van der Waals surface area contributed by atoms with Crippen LogP contribution >= 0.6 is 0 Å². The molecule has 21 heavy (non-hydrogen) atoms. The highest BCUT2D eigenvalue weighted by atomic mass is 15.4. The van der Waals surface area contributed by atoms with E-state index >= 15 is 0 Å². The van der Waals surface area contributed by atoms with Crippen molar-refractivity contribution in [1.29, 1.82) is 0 Å². The van der Waals surface area contributed by atoms with Crippen molar-refractivity contribution in [3.05, 3.63) is 41.2 Å². The van der Waals surface area contributed by atoms with Crippen LogP contribution in [0.4, 0.5) is 0 Å². The van der Waals surface area contributed by atoms with Crippen LogP contribution < -0.4 is 5.73 Å². The minimum atomic E-state index is 0.645. The first-order valence-electron chi connectivity index (χ1n) is 7.53. The van der Waals surface area contributed by atoms with E-state index in [1.54, 1.807) is 0 Å². The number of H-pyrrole nitrogens is 1. The van der Waals surface area contributed by atoms with Crippen LogP contribution in [0, 0.1) is 0 Å². The summed E-state index contributed by atoms with van der Waals surface area (Å²) in [6, 6.07) is 8.04. The maximum absolute atomic E-state index is 5.76. The van der Waals surface area contributed by atoms with Crippen molar-refractivity contribution < 1.29 is 0 Å². The second-order valence-corrected chi connectivity index (χ2v) is 5.11. The number of hydrogen-bond acceptors (Lipinski definition) is 3. The Labute approximate surface area is 124 Å². The van der Waals surface area contributed by atoms with E-state index in [0.717, 1.165) is 41.9 Å². The van der Waals surface area contributed by atoms with Gasteiger partial charge in [-0.2, -0.15) is 5.10 Å². The van der Waals surface area contributed by atoms with Crippen LogP contribution in [-0.2, 0) is 19.3 Å². The zero-order chi connectivity index (χ0) is 14.8. The number of benzene rings is 1. The highest BCUT2D eigenvalue weighted by Gasteiger charge is 2.17. The number of para-hydroxylation sites is 2. The highest BCUT2D eigenvalue weighted by molar-refractivity contribution is 5.76. The summed E-state index contributed by atoms with van der Waals surface area (Å²) in [5, 5.41) is 4.75. The SMILES string of the molecule is CCc1nn(-c2nc3ccccc3[nH]2)c(CC)c1CCN. The zero-order valence-electron chi connectivity index (χ0n) is 12.6. The van der Waals surface area contributed by atoms with Crippen molar-refractivity contribution in [3.63, 3.8) is 0 Å². The van der Waals surface area contributed by atoms with E-state index in [1.807, 2.05) is 28.9 Å². The van der Waals surface area contributed by atoms with E-state index in [9.17, 15) is 0 Å². The zero-order valence-corrected chi connectivity index (χ0v) is 12.6. The van der Waals surface area contributed by atoms with Gasteiger partial charge in [0.15, 0.2) is 0 Å². The number of fused-ring (bicyclic) bond motifs is 1. The minimum Gasteiger partial charge on any atom is -0.330 e. The molecule has 3 N–H and O–H groups in total. The normalized spacial score (nSPS) is 11.4. The topological polar surface area (TPSA) is 72.5 Å². The summed E-state index contributed by atoms with van der Waals surface area (Å²) in [6.45, 7) is 4.92. The Morgan fingerprint density at radius 1 is 1.19 bits per heavy atom. The molecule has 0 amide bonds. The van der Waals surface area contributed by atoms with Gasteiger partial charge >= 0.3 is 0 Å². The number of hydrogen-bond donors (Lipinski definition) is 2. The molecule has 0 bridgehead atoms. The number of nitrogens with one attached hydrogen (secondary N) is 1. The smallest absolute Gasteiger partial charge is 0.229 e. The molecule has 2 heterocycles. The van der Waals surface area contributed by atoms with Gasteiger partial charge in [-0.1, -0.05) is 26.0 Å². The molecule has 0 spiro atoms. The Kier molecular flexibility index (Phi) is 3.75. The van der Waals surface area contributed by atoms with E-state index in [-0.39, 0.29) is 0 Å². The predicted molar refractivity (Wildman–Crippen MR) is 84.7 cm³/mol. The Bertz CT molecular complexity index is 720. The molecular formula is C16H21N5. The first-order chi connectivity index (χ1) is 10.3. The summed E-state index contributed by atoms with van der Waals surface area (Å²) in [5.41, 5.74) is 11.4. The van der Waals surface area contributed by atoms with Crippen molar-refractivity contribution >= 4 is 11.0 Å². The van der Waals surface area contributed by atoms with Crippen LogP contribution in [-0.4, -0.2) is 26.3 Å². The minimum absolute atomic E-state index is 0.645. The van der Waals surface area contributed by atoms with Gasteiger partial charge in [-0.25, -0.2) is 9.67 Å². The molecule has 1 aromatic carbocycles. The second kappa shape index (κ2) is 5.69. The van der Waals surface area contributed by atoms with Crippen LogP contribution in [0.15, 0.2) is 24.3 Å². The summed E-state index contributed by atoms with van der Waals surface area (Å²) < 4.78 is 1.95. The highest BCUT2D eigenvalue weighted by Crippen LogP contribution is 2.21. The van der Waals surface area contributed by atoms with Gasteiger partial charge in [0.1, 0.15) is 0 Å². The molecule has 3 aromatic rings. The molecule has 5 heteroatoms. The molecule has 0 aliphatic heterocycles. The maximum Gasteiger partial charge on any atom is 0.229 e. The number of aryl methyl sites for hydroxylation is 1. The molecule has 2 aromatic heterocycles. The Hall–Kier alpha value is -2.14. The van der Waals surface area contributed by atoms with Gasteiger partial charge in [0.2, 0.25) is 5.95 Å². The van der Waals surface area contributed by atoms with Crippen molar-refractivity contribution in [2.24, 2.45) is 5.73 Å². The van der Waals surface area contributed by atoms with Gasteiger partial charge in [-0.15, -0.1) is 0 Å². The number of aromatic nitrogens is 4. The average molecular weight is 283 g/mol. The molecule has 3 rings (SSSR count). The molecule has 0 saturated heterocycles. The van der Waals surface area contributed by atoms with Crippen LogP contribution in [0.1, 0.15) is 30.8 Å². The van der Waals surface area contributed by atoms with E-state index in [2.05, 4.69) is 23.8 Å². The number of rotatable bonds is 5. The lowest BCUT2D eigenvalue weighted by Crippen LogP contribution is -2.08. The second-order valence-electron chi connectivity index (χ2n) is 5.11. The largest absolute Gasteiger partial charge is 0.330 e. The summed E-state index contributed by atoms with van der Waals surface area (Å²) in [7, 11) is 0. The third-order valence-corrected chi connectivity index (χ3v) is 3.81. The number of imidazole rings is 1. The Balaban J connectivity index is 2.16. The molecule has 0 aliphatic carbocycles. The Morgan fingerprint density at radius 3 is 2.67 bits per heavy atom. The molecule has 110 valence electrons. The van der Waals surface area contributed by atoms with E-state index in [1.165, 1.54) is 11.3 Å². The summed E-state index contributed by atoms with van der Waals surface area (Å²) >= 11 is 0. The predicted octanol–water partition coefficient (Wildman–Crippen LogP) is 2.37. The monoisotopic (exact) mass is 283 g/mol. The van der Waals surface area contributed by atoms with Gasteiger partial charge in [0.25, 0.3) is 0 Å². The number of nitrogens with two attached hydrogens (primary N) is 1. The van der Waals surface area contributed by atoms with Crippen molar-refractivity contribution in [1.82, 2.24) is 19.7 Å². The lowest BCUT2D eigenvalue weighted by molar-refractivity contribution is 0.757. The fourth-order valence-corrected chi connectivity index (χ4v) is 2.83. The quantitative estimate of drug-likeness (QED) is 0.755. The van der Waals surface area contributed by atoms with Crippen LogP contribution in [0.25, 0.3) is 17.0 Å². The summed E-state index contributed by atoms with van der Waals surface area (Å²) in [5.74, 6) is 0.783. The van der Waals surface area contributed by atoms with Crippen LogP contribution in [0.2, 0.25) is 0 Å². The molecule has 5 nitrogen and oxygen atoms in total. The lowest BCUT2D eigenvalue weighted by Gasteiger charge is -2.04. The van der Waals surface area contributed by atoms with Crippen LogP contribution in [0.3, 0.4) is 0 Å². The van der Waals surface area contributed by atoms with Gasteiger partial charge in [-0.3, -0.25) is 0 Å². The Morgan fingerprint density at radius 2 is 2.00 bits per heavy atom. The standard InChI is InChI=1S/C16H21N5/c1-3-12-11(9-10-17)15(4-2)21(20-12)16-18-13-7-5-6-8-14(13)19-16/h5-8H,3-4,9-10,17H2,1-2H3,(H,18,19). The molecule has 0 fully saturated rings. The van der Waals surface area contributed by atoms with Gasteiger partial charge in [-0.05, 0) is 43.5 Å². The third-order valence-electron chi connectivity index (χ3n) is 3.81. The molecule has 0 aliphatic rings. The summed E-state index contributed by atoms with van der Waals surface area (Å²) in [6.07, 6.45) is 2.70. The van der Waals surface area contributed by atoms with Crippen molar-refractivity contribution in [3.8, 4) is 5.95 Å². The number of nitrogens with zero attached hydrogens (tertiary/aromatic N) is 3. The van der Waals surface area contributed by atoms with E-state index < -0.39 is 0 Å². The molecule has 0 unspecified atom stereocenters. The fourth-order valence-electron chi connectivity index (χ4n) is 2.83. The first kappa shape index (κ1) is 13.8. The van der Waals surface area contributed by atoms with E-state index in [0.29, 0.717) is 6.54 Å². The molecular weight excluding hydrogens is 262 g/mol. The maximum atomic E-state index is 5.76. The molecule has 0 radical (unpaired) electrons. The van der Waals surface area contributed by atoms with Crippen LogP contribution in [0.5, 0.6) is 0 Å². The van der Waals surface area contributed by atoms with Gasteiger partial charge < -0.3 is 10.7 Å². The summed E-state index contributed by atoms with van der Waals surface area (Å²) in [4.78, 5) is 8.01. The van der Waals surface area contributed by atoms with Crippen molar-refractivity contribution in [2.75, 3.05) is 6.54 Å². The molecule has 0 atom stereocenters. The average Bonchev–Trinajstić information content (AvgIpc) is 3.08. The number of aromatic amines is 1. The van der Waals surface area contributed by atoms with Gasteiger partial charge in [0.05, 0.1) is 22.4 Å². The van der Waals surface area contributed by atoms with Crippen molar-refractivity contribution in [2.45, 2.75) is 33.1 Å². The fraction of sp³-hybridized carbons (Fsp3) is 0.375.